The number of ether oxygens (including phenoxy) is 1. The van der Waals surface area contributed by atoms with Crippen molar-refractivity contribution in [3.63, 3.8) is 0 Å². The van der Waals surface area contributed by atoms with Crippen LogP contribution >= 0.6 is 11.6 Å². The van der Waals surface area contributed by atoms with Crippen molar-refractivity contribution >= 4 is 23.4 Å². The van der Waals surface area contributed by atoms with Crippen LogP contribution in [0.3, 0.4) is 0 Å². The van der Waals surface area contributed by atoms with Gasteiger partial charge in [-0.15, -0.1) is 0 Å². The topological polar surface area (TPSA) is 58.6 Å². The summed E-state index contributed by atoms with van der Waals surface area (Å²) in [5.41, 5.74) is 1.68. The van der Waals surface area contributed by atoms with E-state index in [1.54, 1.807) is 11.0 Å². The molecule has 0 aliphatic heterocycles. The summed E-state index contributed by atoms with van der Waals surface area (Å²) in [6.07, 6.45) is 0.479. The third-order valence-electron chi connectivity index (χ3n) is 5.16. The highest BCUT2D eigenvalue weighted by Gasteiger charge is 2.30. The van der Waals surface area contributed by atoms with E-state index in [2.05, 4.69) is 26.1 Å². The molecule has 32 heavy (non-hydrogen) atoms. The number of rotatable bonds is 9. The van der Waals surface area contributed by atoms with E-state index in [0.717, 1.165) is 11.1 Å². The monoisotopic (exact) mass is 458 g/mol. The molecular weight excluding hydrogens is 424 g/mol. The lowest BCUT2D eigenvalue weighted by Gasteiger charge is -2.31. The van der Waals surface area contributed by atoms with Crippen LogP contribution in [0, 0.1) is 0 Å². The summed E-state index contributed by atoms with van der Waals surface area (Å²) in [6.45, 7) is 12.1. The maximum Gasteiger partial charge on any atom is 0.261 e. The minimum Gasteiger partial charge on any atom is -0.483 e. The second-order valence-corrected chi connectivity index (χ2v) is 9.64. The smallest absolute Gasteiger partial charge is 0.261 e. The standard InChI is InChI=1S/C26H35ClN2O3/c1-7-22(25(31)28-18(2)3)29(16-19-12-8-10-14-21(19)27)24(30)17-32-23-15-11-9-13-20(23)26(4,5)6/h8-15,18,22H,7,16-17H2,1-6H3,(H,28,31)/t22-/m0/s1. The Bertz CT molecular complexity index is 921. The van der Waals surface area contributed by atoms with Gasteiger partial charge >= 0.3 is 0 Å². The van der Waals surface area contributed by atoms with E-state index in [-0.39, 0.29) is 36.4 Å². The van der Waals surface area contributed by atoms with Crippen molar-refractivity contribution in [2.24, 2.45) is 0 Å². The molecule has 2 amide bonds. The predicted octanol–water partition coefficient (Wildman–Crippen LogP) is 5.35. The molecule has 174 valence electrons. The predicted molar refractivity (Wildman–Crippen MR) is 130 cm³/mol. The molecule has 1 N–H and O–H groups in total. The highest BCUT2D eigenvalue weighted by Crippen LogP contribution is 2.31. The molecule has 0 fully saturated rings. The van der Waals surface area contributed by atoms with Crippen molar-refractivity contribution in [3.05, 3.63) is 64.7 Å². The van der Waals surface area contributed by atoms with Gasteiger partial charge in [-0.05, 0) is 48.9 Å². The highest BCUT2D eigenvalue weighted by atomic mass is 35.5. The molecule has 0 radical (unpaired) electrons. The van der Waals surface area contributed by atoms with E-state index in [4.69, 9.17) is 16.3 Å². The second-order valence-electron chi connectivity index (χ2n) is 9.24. The van der Waals surface area contributed by atoms with Gasteiger partial charge in [0.15, 0.2) is 6.61 Å². The Morgan fingerprint density at radius 1 is 1.06 bits per heavy atom. The first kappa shape index (κ1) is 25.7. The van der Waals surface area contributed by atoms with Gasteiger partial charge in [-0.25, -0.2) is 0 Å². The molecule has 0 bridgehead atoms. The van der Waals surface area contributed by atoms with Crippen molar-refractivity contribution < 1.29 is 14.3 Å². The fourth-order valence-electron chi connectivity index (χ4n) is 3.54. The van der Waals surface area contributed by atoms with E-state index >= 15 is 0 Å². The van der Waals surface area contributed by atoms with Gasteiger partial charge in [-0.3, -0.25) is 9.59 Å². The normalized spacial score (nSPS) is 12.4. The second kappa shape index (κ2) is 11.4. The maximum absolute atomic E-state index is 13.4. The first-order valence-corrected chi connectivity index (χ1v) is 11.5. The number of benzene rings is 2. The molecule has 0 heterocycles. The average Bonchev–Trinajstić information content (AvgIpc) is 2.72. The van der Waals surface area contributed by atoms with Crippen LogP contribution in [-0.4, -0.2) is 35.4 Å². The number of para-hydroxylation sites is 1. The molecule has 0 saturated heterocycles. The molecular formula is C26H35ClN2O3. The zero-order chi connectivity index (χ0) is 23.9. The Morgan fingerprint density at radius 3 is 2.28 bits per heavy atom. The van der Waals surface area contributed by atoms with Crippen molar-refractivity contribution in [2.75, 3.05) is 6.61 Å². The zero-order valence-corrected chi connectivity index (χ0v) is 20.7. The van der Waals surface area contributed by atoms with Crippen LogP contribution in [0.5, 0.6) is 5.75 Å². The molecule has 0 aliphatic carbocycles. The van der Waals surface area contributed by atoms with Crippen LogP contribution in [0.4, 0.5) is 0 Å². The summed E-state index contributed by atoms with van der Waals surface area (Å²) < 4.78 is 5.97. The van der Waals surface area contributed by atoms with E-state index in [1.807, 2.05) is 63.2 Å². The van der Waals surface area contributed by atoms with Gasteiger partial charge < -0.3 is 15.0 Å². The van der Waals surface area contributed by atoms with Crippen LogP contribution in [0.25, 0.3) is 0 Å². The summed E-state index contributed by atoms with van der Waals surface area (Å²) in [5, 5.41) is 3.48. The van der Waals surface area contributed by atoms with Crippen LogP contribution < -0.4 is 10.1 Å². The molecule has 0 aromatic heterocycles. The van der Waals surface area contributed by atoms with Gasteiger partial charge in [-0.1, -0.05) is 75.7 Å². The van der Waals surface area contributed by atoms with Crippen molar-refractivity contribution in [1.82, 2.24) is 10.2 Å². The first-order valence-electron chi connectivity index (χ1n) is 11.1. The van der Waals surface area contributed by atoms with E-state index < -0.39 is 6.04 Å². The fraction of sp³-hybridized carbons (Fsp3) is 0.462. The Hall–Kier alpha value is -2.53. The SMILES string of the molecule is CC[C@@H](C(=O)NC(C)C)N(Cc1ccccc1Cl)C(=O)COc1ccccc1C(C)(C)C. The molecule has 5 nitrogen and oxygen atoms in total. The quantitative estimate of drug-likeness (QED) is 0.551. The van der Waals surface area contributed by atoms with E-state index in [9.17, 15) is 9.59 Å². The average molecular weight is 459 g/mol. The summed E-state index contributed by atoms with van der Waals surface area (Å²) in [4.78, 5) is 27.8. The molecule has 0 saturated carbocycles. The number of carbonyl (C=O) groups is 2. The fourth-order valence-corrected chi connectivity index (χ4v) is 3.74. The lowest BCUT2D eigenvalue weighted by atomic mass is 9.86. The number of halogens is 1. The van der Waals surface area contributed by atoms with Gasteiger partial charge in [0, 0.05) is 17.6 Å². The van der Waals surface area contributed by atoms with Gasteiger partial charge in [-0.2, -0.15) is 0 Å². The number of nitrogens with one attached hydrogen (secondary N) is 1. The lowest BCUT2D eigenvalue weighted by Crippen LogP contribution is -2.51. The summed E-state index contributed by atoms with van der Waals surface area (Å²) in [6, 6.07) is 14.4. The third kappa shape index (κ3) is 6.99. The molecule has 0 unspecified atom stereocenters. The van der Waals surface area contributed by atoms with Crippen LogP contribution in [0.1, 0.15) is 59.1 Å². The minimum atomic E-state index is -0.623. The maximum atomic E-state index is 13.4. The lowest BCUT2D eigenvalue weighted by molar-refractivity contribution is -0.143. The number of amides is 2. The molecule has 0 spiro atoms. The van der Waals surface area contributed by atoms with Crippen LogP contribution in [-0.2, 0) is 21.5 Å². The summed E-state index contributed by atoms with van der Waals surface area (Å²) in [7, 11) is 0. The van der Waals surface area contributed by atoms with Gasteiger partial charge in [0.1, 0.15) is 11.8 Å². The Labute approximate surface area is 197 Å². The number of carbonyl (C=O) groups excluding carboxylic acids is 2. The molecule has 6 heteroatoms. The Kier molecular flexibility index (Phi) is 9.14. The van der Waals surface area contributed by atoms with Gasteiger partial charge in [0.25, 0.3) is 5.91 Å². The van der Waals surface area contributed by atoms with Crippen LogP contribution in [0.15, 0.2) is 48.5 Å². The van der Waals surface area contributed by atoms with Crippen molar-refractivity contribution in [3.8, 4) is 5.75 Å². The van der Waals surface area contributed by atoms with E-state index in [0.29, 0.717) is 17.2 Å². The van der Waals surface area contributed by atoms with Gasteiger partial charge in [0.2, 0.25) is 5.91 Å². The molecule has 2 aromatic carbocycles. The molecule has 2 rings (SSSR count). The number of nitrogens with zero attached hydrogens (tertiary/aromatic N) is 1. The highest BCUT2D eigenvalue weighted by molar-refractivity contribution is 6.31. The van der Waals surface area contributed by atoms with E-state index in [1.165, 1.54) is 0 Å². The van der Waals surface area contributed by atoms with Crippen LogP contribution in [0.2, 0.25) is 5.02 Å². The summed E-state index contributed by atoms with van der Waals surface area (Å²) in [5.74, 6) is 0.225. The molecule has 1 atom stereocenters. The van der Waals surface area contributed by atoms with Crippen molar-refractivity contribution in [1.29, 1.82) is 0 Å². The molecule has 0 aliphatic rings. The first-order chi connectivity index (χ1) is 15.0. The number of hydrogen-bond acceptors (Lipinski definition) is 3. The Morgan fingerprint density at radius 2 is 1.69 bits per heavy atom. The minimum absolute atomic E-state index is 0.0243. The number of hydrogen-bond donors (Lipinski definition) is 1. The largest absolute Gasteiger partial charge is 0.483 e. The Balaban J connectivity index is 2.29. The summed E-state index contributed by atoms with van der Waals surface area (Å²) >= 11 is 6.36. The zero-order valence-electron chi connectivity index (χ0n) is 19.9. The molecule has 2 aromatic rings. The van der Waals surface area contributed by atoms with Gasteiger partial charge in [0.05, 0.1) is 0 Å². The van der Waals surface area contributed by atoms with Crippen molar-refractivity contribution in [2.45, 2.75) is 72.0 Å². The third-order valence-corrected chi connectivity index (χ3v) is 5.53.